The number of nitrogens with one attached hydrogen (secondary N) is 1. The summed E-state index contributed by atoms with van der Waals surface area (Å²) < 4.78 is 5.33. The van der Waals surface area contributed by atoms with Crippen LogP contribution in [0.15, 0.2) is 12.1 Å². The summed E-state index contributed by atoms with van der Waals surface area (Å²) >= 11 is 0. The maximum Gasteiger partial charge on any atom is 0.122 e. The fourth-order valence-corrected chi connectivity index (χ4v) is 2.84. The smallest absolute Gasteiger partial charge is 0.122 e. The van der Waals surface area contributed by atoms with Crippen LogP contribution in [0.1, 0.15) is 37.6 Å². The van der Waals surface area contributed by atoms with Crippen molar-refractivity contribution < 1.29 is 4.74 Å². The average Bonchev–Trinajstić information content (AvgIpc) is 2.45. The van der Waals surface area contributed by atoms with Crippen LogP contribution in [-0.2, 0) is 6.54 Å². The third-order valence-electron chi connectivity index (χ3n) is 3.79. The minimum Gasteiger partial charge on any atom is -0.497 e. The highest BCUT2D eigenvalue weighted by Crippen LogP contribution is 2.17. The number of pyridine rings is 1. The van der Waals surface area contributed by atoms with Crippen LogP contribution in [0.2, 0.25) is 0 Å². The zero-order valence-corrected chi connectivity index (χ0v) is 13.0. The third kappa shape index (κ3) is 4.46. The molecule has 0 amide bonds. The molecule has 0 aliphatic carbocycles. The van der Waals surface area contributed by atoms with Crippen LogP contribution in [0.5, 0.6) is 5.75 Å². The number of hydrogen-bond donors (Lipinski definition) is 1. The number of ether oxygens (including phenoxy) is 1. The highest BCUT2D eigenvalue weighted by Gasteiger charge is 2.19. The number of aromatic nitrogens is 1. The summed E-state index contributed by atoms with van der Waals surface area (Å²) in [7, 11) is 1.71. The number of nitrogens with zero attached hydrogens (tertiary/aromatic N) is 2. The molecule has 1 atom stereocenters. The molecule has 0 bridgehead atoms. The second kappa shape index (κ2) is 7.60. The Morgan fingerprint density at radius 3 is 3.05 bits per heavy atom. The van der Waals surface area contributed by atoms with Crippen molar-refractivity contribution >= 4 is 0 Å². The summed E-state index contributed by atoms with van der Waals surface area (Å²) in [5, 5.41) is 3.63. The molecule has 4 nitrogen and oxygen atoms in total. The largest absolute Gasteiger partial charge is 0.497 e. The van der Waals surface area contributed by atoms with E-state index in [4.69, 9.17) is 4.74 Å². The van der Waals surface area contributed by atoms with E-state index < -0.39 is 0 Å². The first-order valence-electron chi connectivity index (χ1n) is 7.68. The fraction of sp³-hybridized carbons (Fsp3) is 0.688. The molecule has 2 heterocycles. The van der Waals surface area contributed by atoms with Crippen LogP contribution in [0.4, 0.5) is 0 Å². The predicted molar refractivity (Wildman–Crippen MR) is 82.1 cm³/mol. The van der Waals surface area contributed by atoms with Crippen molar-refractivity contribution in [2.75, 3.05) is 26.7 Å². The van der Waals surface area contributed by atoms with Crippen LogP contribution >= 0.6 is 0 Å². The van der Waals surface area contributed by atoms with Gasteiger partial charge in [-0.25, -0.2) is 0 Å². The fourth-order valence-electron chi connectivity index (χ4n) is 2.84. The predicted octanol–water partition coefficient (Wildman–Crippen LogP) is 2.36. The SMILES string of the molecule is CCCNC1CCCN(Cc2cc(OC)cc(C)n2)C1. The molecule has 1 N–H and O–H groups in total. The molecule has 1 unspecified atom stereocenters. The number of aryl methyl sites for hydroxylation is 1. The van der Waals surface area contributed by atoms with Crippen molar-refractivity contribution in [3.05, 3.63) is 23.5 Å². The van der Waals surface area contributed by atoms with Gasteiger partial charge in [0.2, 0.25) is 0 Å². The van der Waals surface area contributed by atoms with Gasteiger partial charge in [-0.2, -0.15) is 0 Å². The second-order valence-corrected chi connectivity index (χ2v) is 5.67. The maximum absolute atomic E-state index is 5.33. The van der Waals surface area contributed by atoms with Gasteiger partial charge in [0, 0.05) is 37.0 Å². The standard InChI is InChI=1S/C16H27N3O/c1-4-7-17-14-6-5-8-19(11-14)12-15-10-16(20-3)9-13(2)18-15/h9-10,14,17H,4-8,11-12H2,1-3H3. The van der Waals surface area contributed by atoms with Gasteiger partial charge in [-0.05, 0) is 39.3 Å². The van der Waals surface area contributed by atoms with Crippen LogP contribution in [0, 0.1) is 6.92 Å². The summed E-state index contributed by atoms with van der Waals surface area (Å²) in [4.78, 5) is 7.12. The highest BCUT2D eigenvalue weighted by molar-refractivity contribution is 5.26. The number of piperidine rings is 1. The Labute approximate surface area is 122 Å². The summed E-state index contributed by atoms with van der Waals surface area (Å²) in [5.41, 5.74) is 2.13. The van der Waals surface area contributed by atoms with Gasteiger partial charge < -0.3 is 10.1 Å². The van der Waals surface area contributed by atoms with Gasteiger partial charge in [-0.15, -0.1) is 0 Å². The first-order valence-corrected chi connectivity index (χ1v) is 7.68. The van der Waals surface area contributed by atoms with Crippen LogP contribution in [-0.4, -0.2) is 42.7 Å². The quantitative estimate of drug-likeness (QED) is 0.866. The van der Waals surface area contributed by atoms with E-state index in [0.29, 0.717) is 6.04 Å². The topological polar surface area (TPSA) is 37.4 Å². The molecule has 1 aromatic rings. The summed E-state index contributed by atoms with van der Waals surface area (Å²) in [5.74, 6) is 0.908. The van der Waals surface area contributed by atoms with Crippen molar-refractivity contribution in [3.8, 4) is 5.75 Å². The molecule has 20 heavy (non-hydrogen) atoms. The van der Waals surface area contributed by atoms with Crippen molar-refractivity contribution in [2.24, 2.45) is 0 Å². The number of hydrogen-bond acceptors (Lipinski definition) is 4. The third-order valence-corrected chi connectivity index (χ3v) is 3.79. The van der Waals surface area contributed by atoms with E-state index in [1.54, 1.807) is 7.11 Å². The lowest BCUT2D eigenvalue weighted by molar-refractivity contribution is 0.181. The van der Waals surface area contributed by atoms with Gasteiger partial charge in [-0.3, -0.25) is 9.88 Å². The van der Waals surface area contributed by atoms with E-state index in [-0.39, 0.29) is 0 Å². The molecule has 1 aromatic heterocycles. The molecule has 112 valence electrons. The van der Waals surface area contributed by atoms with E-state index in [0.717, 1.165) is 36.8 Å². The lowest BCUT2D eigenvalue weighted by Gasteiger charge is -2.33. The minimum atomic E-state index is 0.635. The Hall–Kier alpha value is -1.13. The van der Waals surface area contributed by atoms with E-state index >= 15 is 0 Å². The Morgan fingerprint density at radius 1 is 1.45 bits per heavy atom. The summed E-state index contributed by atoms with van der Waals surface area (Å²) in [6.07, 6.45) is 3.76. The van der Waals surface area contributed by atoms with Gasteiger partial charge in [0.25, 0.3) is 0 Å². The molecular weight excluding hydrogens is 250 g/mol. The van der Waals surface area contributed by atoms with Crippen LogP contribution in [0.3, 0.4) is 0 Å². The Kier molecular flexibility index (Phi) is 5.80. The molecule has 4 heteroatoms. The summed E-state index contributed by atoms with van der Waals surface area (Å²) in [6.45, 7) is 8.57. The molecule has 1 aliphatic heterocycles. The molecule has 1 aliphatic rings. The Morgan fingerprint density at radius 2 is 2.30 bits per heavy atom. The second-order valence-electron chi connectivity index (χ2n) is 5.67. The number of rotatable bonds is 6. The molecule has 2 rings (SSSR count). The Bertz CT molecular complexity index is 422. The number of methoxy groups -OCH3 is 1. The molecule has 0 radical (unpaired) electrons. The van der Waals surface area contributed by atoms with E-state index in [1.807, 2.05) is 13.0 Å². The molecule has 0 spiro atoms. The Balaban J connectivity index is 1.93. The molecule has 0 aromatic carbocycles. The van der Waals surface area contributed by atoms with Gasteiger partial charge in [0.1, 0.15) is 5.75 Å². The van der Waals surface area contributed by atoms with Gasteiger partial charge >= 0.3 is 0 Å². The van der Waals surface area contributed by atoms with Gasteiger partial charge in [0.15, 0.2) is 0 Å². The van der Waals surface area contributed by atoms with Crippen LogP contribution in [0.25, 0.3) is 0 Å². The van der Waals surface area contributed by atoms with Crippen molar-refractivity contribution in [1.29, 1.82) is 0 Å². The van der Waals surface area contributed by atoms with Crippen molar-refractivity contribution in [1.82, 2.24) is 15.2 Å². The zero-order chi connectivity index (χ0) is 14.4. The average molecular weight is 277 g/mol. The van der Waals surface area contributed by atoms with E-state index in [9.17, 15) is 0 Å². The highest BCUT2D eigenvalue weighted by atomic mass is 16.5. The monoisotopic (exact) mass is 277 g/mol. The zero-order valence-electron chi connectivity index (χ0n) is 13.0. The lowest BCUT2D eigenvalue weighted by atomic mass is 10.1. The van der Waals surface area contributed by atoms with Crippen LogP contribution < -0.4 is 10.1 Å². The van der Waals surface area contributed by atoms with Crippen molar-refractivity contribution in [2.45, 2.75) is 45.7 Å². The lowest BCUT2D eigenvalue weighted by Crippen LogP contribution is -2.45. The van der Waals surface area contributed by atoms with Gasteiger partial charge in [-0.1, -0.05) is 6.92 Å². The first kappa shape index (κ1) is 15.3. The van der Waals surface area contributed by atoms with E-state index in [2.05, 4.69) is 28.2 Å². The van der Waals surface area contributed by atoms with Crippen molar-refractivity contribution in [3.63, 3.8) is 0 Å². The maximum atomic E-state index is 5.33. The summed E-state index contributed by atoms with van der Waals surface area (Å²) in [6, 6.07) is 4.66. The minimum absolute atomic E-state index is 0.635. The normalized spacial score (nSPS) is 20.1. The van der Waals surface area contributed by atoms with E-state index in [1.165, 1.54) is 25.8 Å². The number of likely N-dealkylation sites (tertiary alicyclic amines) is 1. The first-order chi connectivity index (χ1) is 9.71. The molecule has 1 saturated heterocycles. The molecule has 1 fully saturated rings. The molecular formula is C16H27N3O. The molecule has 0 saturated carbocycles. The van der Waals surface area contributed by atoms with Gasteiger partial charge in [0.05, 0.1) is 12.8 Å².